The van der Waals surface area contributed by atoms with Crippen LogP contribution in [0.15, 0.2) is 101 Å². The SMILES string of the molecule is COc1ccc(C(=O)NCc2nnc(SCC(=O)N3N=C(c4cccs4)C[C@H]3c3ccc(C)cc3)n2-c2ccc([N+](=O)[O-])cc2)cc1. The van der Waals surface area contributed by atoms with Gasteiger partial charge in [0.05, 0.1) is 41.0 Å². The summed E-state index contributed by atoms with van der Waals surface area (Å²) >= 11 is 2.75. The van der Waals surface area contributed by atoms with Gasteiger partial charge in [-0.2, -0.15) is 5.10 Å². The lowest BCUT2D eigenvalue weighted by molar-refractivity contribution is -0.384. The second-order valence-electron chi connectivity index (χ2n) is 10.6. The van der Waals surface area contributed by atoms with E-state index in [2.05, 4.69) is 15.5 Å². The highest BCUT2D eigenvalue weighted by molar-refractivity contribution is 7.99. The number of hydrogen-bond acceptors (Lipinski definition) is 10. The molecule has 0 fully saturated rings. The number of rotatable bonds is 11. The van der Waals surface area contributed by atoms with E-state index in [1.165, 1.54) is 23.9 Å². The maximum Gasteiger partial charge on any atom is 0.269 e. The summed E-state index contributed by atoms with van der Waals surface area (Å²) < 4.78 is 6.84. The quantitative estimate of drug-likeness (QED) is 0.103. The molecule has 2 aromatic heterocycles. The van der Waals surface area contributed by atoms with Gasteiger partial charge in [-0.15, -0.1) is 21.5 Å². The van der Waals surface area contributed by atoms with E-state index in [9.17, 15) is 19.7 Å². The first-order chi connectivity index (χ1) is 22.8. The van der Waals surface area contributed by atoms with Gasteiger partial charge in [0.1, 0.15) is 5.75 Å². The van der Waals surface area contributed by atoms with Crippen LogP contribution in [-0.2, 0) is 11.3 Å². The second-order valence-corrected chi connectivity index (χ2v) is 12.5. The number of nitro groups is 1. The normalized spacial score (nSPS) is 14.1. The Morgan fingerprint density at radius 2 is 1.79 bits per heavy atom. The Hall–Kier alpha value is -5.34. The number of methoxy groups -OCH3 is 1. The lowest BCUT2D eigenvalue weighted by Crippen LogP contribution is -2.28. The number of nitrogens with zero attached hydrogens (tertiary/aromatic N) is 6. The number of ether oxygens (including phenoxy) is 1. The van der Waals surface area contributed by atoms with E-state index >= 15 is 0 Å². The van der Waals surface area contributed by atoms with E-state index in [4.69, 9.17) is 9.84 Å². The van der Waals surface area contributed by atoms with Gasteiger partial charge >= 0.3 is 0 Å². The van der Waals surface area contributed by atoms with Crippen LogP contribution in [0.5, 0.6) is 5.75 Å². The van der Waals surface area contributed by atoms with Crippen LogP contribution in [0.4, 0.5) is 5.69 Å². The molecule has 1 aliphatic heterocycles. The summed E-state index contributed by atoms with van der Waals surface area (Å²) in [6, 6.07) is 24.4. The Labute approximate surface area is 278 Å². The largest absolute Gasteiger partial charge is 0.497 e. The van der Waals surface area contributed by atoms with Crippen molar-refractivity contribution in [1.82, 2.24) is 25.1 Å². The van der Waals surface area contributed by atoms with E-state index < -0.39 is 4.92 Å². The Morgan fingerprint density at radius 3 is 2.45 bits per heavy atom. The number of nitrogens with one attached hydrogen (secondary N) is 1. The molecule has 238 valence electrons. The van der Waals surface area contributed by atoms with Gasteiger partial charge in [0, 0.05) is 29.8 Å². The molecule has 0 bridgehead atoms. The minimum Gasteiger partial charge on any atom is -0.497 e. The van der Waals surface area contributed by atoms with E-state index in [1.54, 1.807) is 64.4 Å². The summed E-state index contributed by atoms with van der Waals surface area (Å²) in [6.07, 6.45) is 0.594. The first-order valence-corrected chi connectivity index (χ1v) is 16.4. The zero-order chi connectivity index (χ0) is 32.9. The topological polar surface area (TPSA) is 145 Å². The molecule has 0 unspecified atom stereocenters. The highest BCUT2D eigenvalue weighted by Crippen LogP contribution is 2.35. The lowest BCUT2D eigenvalue weighted by Gasteiger charge is -2.22. The van der Waals surface area contributed by atoms with Crippen molar-refractivity contribution < 1.29 is 19.2 Å². The van der Waals surface area contributed by atoms with Gasteiger partial charge in [0.2, 0.25) is 0 Å². The molecule has 0 radical (unpaired) electrons. The zero-order valence-corrected chi connectivity index (χ0v) is 27.0. The van der Waals surface area contributed by atoms with Crippen molar-refractivity contribution in [3.05, 3.63) is 128 Å². The molecule has 5 aromatic rings. The minimum atomic E-state index is -0.480. The molecule has 1 aliphatic rings. The van der Waals surface area contributed by atoms with Crippen LogP contribution >= 0.6 is 23.1 Å². The molecule has 47 heavy (non-hydrogen) atoms. The fourth-order valence-electron chi connectivity index (χ4n) is 5.07. The maximum atomic E-state index is 13.8. The van der Waals surface area contributed by atoms with Crippen molar-refractivity contribution >= 4 is 46.3 Å². The molecule has 1 atom stereocenters. The predicted molar refractivity (Wildman–Crippen MR) is 179 cm³/mol. The van der Waals surface area contributed by atoms with Crippen molar-refractivity contribution in [1.29, 1.82) is 0 Å². The number of carbonyl (C=O) groups is 2. The fraction of sp³-hybridized carbons (Fsp3) is 0.182. The zero-order valence-electron chi connectivity index (χ0n) is 25.4. The summed E-state index contributed by atoms with van der Waals surface area (Å²) in [6.45, 7) is 2.03. The van der Waals surface area contributed by atoms with E-state index in [1.807, 2.05) is 48.7 Å². The Bertz CT molecular complexity index is 1920. The van der Waals surface area contributed by atoms with Gasteiger partial charge < -0.3 is 10.1 Å². The highest BCUT2D eigenvalue weighted by Gasteiger charge is 2.33. The molecule has 14 heteroatoms. The molecule has 1 N–H and O–H groups in total. The molecular weight excluding hydrogens is 639 g/mol. The van der Waals surface area contributed by atoms with Crippen LogP contribution in [0.1, 0.15) is 44.6 Å². The van der Waals surface area contributed by atoms with Gasteiger partial charge in [0.25, 0.3) is 17.5 Å². The third kappa shape index (κ3) is 7.08. The summed E-state index contributed by atoms with van der Waals surface area (Å²) in [5.74, 6) is 0.480. The van der Waals surface area contributed by atoms with E-state index in [0.29, 0.717) is 34.4 Å². The first-order valence-electron chi connectivity index (χ1n) is 14.5. The van der Waals surface area contributed by atoms with Gasteiger partial charge in [-0.25, -0.2) is 5.01 Å². The summed E-state index contributed by atoms with van der Waals surface area (Å²) in [7, 11) is 1.55. The first kappa shape index (κ1) is 31.6. The Kier molecular flexibility index (Phi) is 9.40. The number of nitro benzene ring substituents is 1. The monoisotopic (exact) mass is 667 g/mol. The number of thioether (sulfide) groups is 1. The number of hydrazone groups is 1. The molecule has 2 amide bonds. The number of non-ortho nitro benzene ring substituents is 1. The minimum absolute atomic E-state index is 0.00685. The molecule has 12 nitrogen and oxygen atoms in total. The average Bonchev–Trinajstić information content (AvgIpc) is 3.87. The third-order valence-electron chi connectivity index (χ3n) is 7.54. The fourth-order valence-corrected chi connectivity index (χ4v) is 6.61. The predicted octanol–water partition coefficient (Wildman–Crippen LogP) is 5.95. The number of hydrogen-bond donors (Lipinski definition) is 1. The average molecular weight is 668 g/mol. The Balaban J connectivity index is 1.24. The van der Waals surface area contributed by atoms with Gasteiger partial charge in [0.15, 0.2) is 11.0 Å². The molecule has 6 rings (SSSR count). The van der Waals surface area contributed by atoms with Crippen molar-refractivity contribution in [2.45, 2.75) is 31.1 Å². The van der Waals surface area contributed by atoms with Crippen molar-refractivity contribution in [2.24, 2.45) is 5.10 Å². The van der Waals surface area contributed by atoms with Crippen LogP contribution in [0, 0.1) is 17.0 Å². The number of carbonyl (C=O) groups excluding carboxylic acids is 2. The third-order valence-corrected chi connectivity index (χ3v) is 9.37. The van der Waals surface area contributed by atoms with Crippen LogP contribution in [0.2, 0.25) is 0 Å². The van der Waals surface area contributed by atoms with Crippen LogP contribution in [0.25, 0.3) is 5.69 Å². The summed E-state index contributed by atoms with van der Waals surface area (Å²) in [5, 5.41) is 31.5. The number of benzene rings is 3. The second kappa shape index (κ2) is 14.0. The molecule has 0 aliphatic carbocycles. The van der Waals surface area contributed by atoms with Gasteiger partial charge in [-0.05, 0) is 60.3 Å². The van der Waals surface area contributed by atoms with E-state index in [0.717, 1.165) is 21.7 Å². The highest BCUT2D eigenvalue weighted by atomic mass is 32.2. The molecule has 0 saturated heterocycles. The number of aromatic nitrogens is 3. The van der Waals surface area contributed by atoms with E-state index in [-0.39, 0.29) is 35.8 Å². The molecule has 3 heterocycles. The molecule has 0 spiro atoms. The van der Waals surface area contributed by atoms with Gasteiger partial charge in [-0.3, -0.25) is 24.3 Å². The Morgan fingerprint density at radius 1 is 1.04 bits per heavy atom. The lowest BCUT2D eigenvalue weighted by atomic mass is 10.00. The van der Waals surface area contributed by atoms with Crippen LogP contribution in [-0.4, -0.2) is 55.1 Å². The standard InChI is InChI=1S/C33H29N7O5S2/c1-21-5-7-22(8-6-21)28-18-27(29-4-3-17-46-29)37-39(28)31(41)20-47-33-36-35-30(38(33)24-11-13-25(14-12-24)40(43)44)19-34-32(42)23-9-15-26(45-2)16-10-23/h3-17,28H,18-20H2,1-2H3,(H,34,42)/t28-/m0/s1. The van der Waals surface area contributed by atoms with Crippen LogP contribution < -0.4 is 10.1 Å². The van der Waals surface area contributed by atoms with Crippen molar-refractivity contribution in [2.75, 3.05) is 12.9 Å². The summed E-state index contributed by atoms with van der Waals surface area (Å²) in [4.78, 5) is 38.5. The number of aryl methyl sites for hydroxylation is 1. The van der Waals surface area contributed by atoms with Crippen molar-refractivity contribution in [3.8, 4) is 11.4 Å². The number of thiophene rings is 1. The van der Waals surface area contributed by atoms with Gasteiger partial charge in [-0.1, -0.05) is 47.7 Å². The molecular formula is C33H29N7O5S2. The van der Waals surface area contributed by atoms with Crippen molar-refractivity contribution in [3.63, 3.8) is 0 Å². The molecule has 0 saturated carbocycles. The smallest absolute Gasteiger partial charge is 0.269 e. The molecule has 3 aromatic carbocycles. The number of amides is 2. The maximum absolute atomic E-state index is 13.8. The summed E-state index contributed by atoms with van der Waals surface area (Å²) in [5.41, 5.74) is 3.88. The van der Waals surface area contributed by atoms with Crippen LogP contribution in [0.3, 0.4) is 0 Å².